The van der Waals surface area contributed by atoms with Gasteiger partial charge in [0.05, 0.1) is 5.69 Å². The second-order valence-corrected chi connectivity index (χ2v) is 5.53. The fourth-order valence-electron chi connectivity index (χ4n) is 2.04. The lowest BCUT2D eigenvalue weighted by Crippen LogP contribution is -2.16. The Morgan fingerprint density at radius 3 is 2.15 bits per heavy atom. The van der Waals surface area contributed by atoms with Crippen molar-refractivity contribution in [3.05, 3.63) is 71.3 Å². The van der Waals surface area contributed by atoms with Crippen LogP contribution in [0.3, 0.4) is 0 Å². The predicted octanol–water partition coefficient (Wildman–Crippen LogP) is 3.69. The van der Waals surface area contributed by atoms with Gasteiger partial charge >= 0.3 is 0 Å². The van der Waals surface area contributed by atoms with E-state index < -0.39 is 23.4 Å². The third kappa shape index (κ3) is 5.07. The van der Waals surface area contributed by atoms with Crippen LogP contribution in [0, 0.1) is 11.6 Å². The highest BCUT2D eigenvalue weighted by molar-refractivity contribution is 6.10. The van der Waals surface area contributed by atoms with Gasteiger partial charge in [-0.25, -0.2) is 8.78 Å². The predicted molar refractivity (Wildman–Crippen MR) is 93.8 cm³/mol. The Kier molecular flexibility index (Phi) is 5.95. The molecule has 0 saturated carbocycles. The Morgan fingerprint density at radius 2 is 1.58 bits per heavy atom. The fraction of sp³-hybridized carbons (Fsp3) is 0.105. The van der Waals surface area contributed by atoms with Crippen LogP contribution in [0.15, 0.2) is 54.1 Å². The van der Waals surface area contributed by atoms with Crippen LogP contribution in [-0.4, -0.2) is 17.6 Å². The molecule has 0 saturated heterocycles. The normalized spacial score (nSPS) is 11.0. The molecule has 2 aromatic carbocycles. The molecule has 0 aliphatic carbocycles. The molecule has 0 unspecified atom stereocenters. The van der Waals surface area contributed by atoms with Crippen LogP contribution in [0.1, 0.15) is 24.2 Å². The van der Waals surface area contributed by atoms with Crippen molar-refractivity contribution in [3.8, 4) is 0 Å². The maximum atomic E-state index is 13.5. The average Bonchev–Trinajstić information content (AvgIpc) is 2.57. The molecule has 0 aliphatic rings. The van der Waals surface area contributed by atoms with E-state index in [1.54, 1.807) is 24.3 Å². The van der Waals surface area contributed by atoms with Gasteiger partial charge in [-0.1, -0.05) is 0 Å². The van der Waals surface area contributed by atoms with Gasteiger partial charge in [-0.15, -0.1) is 0 Å². The number of anilines is 2. The Hall–Kier alpha value is -3.35. The Morgan fingerprint density at radius 1 is 0.923 bits per heavy atom. The van der Waals surface area contributed by atoms with Gasteiger partial charge in [0.25, 0.3) is 5.91 Å². The van der Waals surface area contributed by atoms with Crippen molar-refractivity contribution >= 4 is 29.0 Å². The minimum Gasteiger partial charge on any atom is -0.322 e. The van der Waals surface area contributed by atoms with Gasteiger partial charge in [0.15, 0.2) is 5.78 Å². The number of hydrogen-bond donors (Lipinski definition) is 2. The fourth-order valence-corrected chi connectivity index (χ4v) is 2.04. The molecule has 0 atom stereocenters. The lowest BCUT2D eigenvalue weighted by atomic mass is 10.1. The molecule has 0 fully saturated rings. The minimum atomic E-state index is -0.917. The van der Waals surface area contributed by atoms with Gasteiger partial charge in [0, 0.05) is 29.0 Å². The van der Waals surface area contributed by atoms with Crippen molar-refractivity contribution in [3.63, 3.8) is 0 Å². The van der Waals surface area contributed by atoms with E-state index in [0.717, 1.165) is 18.2 Å². The first-order chi connectivity index (χ1) is 12.3. The number of halogens is 2. The number of carbonyl (C=O) groups excluding carboxylic acids is 3. The van der Waals surface area contributed by atoms with Crippen molar-refractivity contribution in [2.45, 2.75) is 13.8 Å². The Bertz CT molecular complexity index is 890. The summed E-state index contributed by atoms with van der Waals surface area (Å²) in [5.41, 5.74) is 0.857. The van der Waals surface area contributed by atoms with Crippen LogP contribution in [0.2, 0.25) is 0 Å². The second kappa shape index (κ2) is 8.15. The topological polar surface area (TPSA) is 75.3 Å². The zero-order valence-electron chi connectivity index (χ0n) is 14.1. The maximum absolute atomic E-state index is 13.5. The summed E-state index contributed by atoms with van der Waals surface area (Å²) < 4.78 is 26.3. The van der Waals surface area contributed by atoms with E-state index in [4.69, 9.17) is 0 Å². The number of carbonyl (C=O) groups is 3. The largest absolute Gasteiger partial charge is 0.322 e. The molecular formula is C19H16F2N2O3. The first kappa shape index (κ1) is 19.0. The summed E-state index contributed by atoms with van der Waals surface area (Å²) in [4.78, 5) is 35.2. The summed E-state index contributed by atoms with van der Waals surface area (Å²) in [6, 6.07) is 9.01. The first-order valence-corrected chi connectivity index (χ1v) is 7.63. The summed E-state index contributed by atoms with van der Waals surface area (Å²) in [6.45, 7) is 2.85. The molecule has 26 heavy (non-hydrogen) atoms. The van der Waals surface area contributed by atoms with E-state index in [1.807, 2.05) is 0 Å². The number of rotatable bonds is 5. The molecule has 134 valence electrons. The zero-order valence-corrected chi connectivity index (χ0v) is 14.1. The summed E-state index contributed by atoms with van der Waals surface area (Å²) in [5, 5.41) is 4.81. The number of nitrogens with one attached hydrogen (secondary N) is 2. The Balaban J connectivity index is 2.01. The van der Waals surface area contributed by atoms with Gasteiger partial charge < -0.3 is 10.6 Å². The van der Waals surface area contributed by atoms with Crippen LogP contribution < -0.4 is 10.6 Å². The van der Waals surface area contributed by atoms with Gasteiger partial charge in [0.1, 0.15) is 11.6 Å². The standard InChI is InChI=1S/C19H16F2N2O3/c1-11(9-18(25)23-17-8-5-14(20)10-16(17)21)19(26)22-15-6-3-13(4-7-15)12(2)24/h3-10H,1-2H3,(H,22,26)(H,23,25)/b11-9-. The maximum Gasteiger partial charge on any atom is 0.251 e. The third-order valence-electron chi connectivity index (χ3n) is 3.44. The smallest absolute Gasteiger partial charge is 0.251 e. The molecule has 2 aromatic rings. The lowest BCUT2D eigenvalue weighted by Gasteiger charge is -2.07. The monoisotopic (exact) mass is 358 g/mol. The van der Waals surface area contributed by atoms with Gasteiger partial charge in [-0.2, -0.15) is 0 Å². The molecule has 0 radical (unpaired) electrons. The van der Waals surface area contributed by atoms with Crippen LogP contribution in [-0.2, 0) is 9.59 Å². The summed E-state index contributed by atoms with van der Waals surface area (Å²) >= 11 is 0. The number of benzene rings is 2. The molecule has 5 nitrogen and oxygen atoms in total. The molecule has 2 N–H and O–H groups in total. The second-order valence-electron chi connectivity index (χ2n) is 5.53. The highest BCUT2D eigenvalue weighted by Gasteiger charge is 2.10. The molecule has 0 aliphatic heterocycles. The van der Waals surface area contributed by atoms with Gasteiger partial charge in [-0.3, -0.25) is 14.4 Å². The van der Waals surface area contributed by atoms with Crippen LogP contribution in [0.25, 0.3) is 0 Å². The van der Waals surface area contributed by atoms with E-state index >= 15 is 0 Å². The van der Waals surface area contributed by atoms with E-state index in [0.29, 0.717) is 17.3 Å². The molecule has 0 heterocycles. The van der Waals surface area contributed by atoms with Crippen molar-refractivity contribution < 1.29 is 23.2 Å². The van der Waals surface area contributed by atoms with E-state index in [9.17, 15) is 23.2 Å². The summed E-state index contributed by atoms with van der Waals surface area (Å²) in [6.07, 6.45) is 1.00. The van der Waals surface area contributed by atoms with Crippen molar-refractivity contribution in [1.82, 2.24) is 0 Å². The lowest BCUT2D eigenvalue weighted by molar-refractivity contribution is -0.114. The molecule has 2 amide bonds. The molecular weight excluding hydrogens is 342 g/mol. The average molecular weight is 358 g/mol. The van der Waals surface area contributed by atoms with Gasteiger partial charge in [-0.05, 0) is 50.2 Å². The van der Waals surface area contributed by atoms with E-state index in [-0.39, 0.29) is 17.0 Å². The summed E-state index contributed by atoms with van der Waals surface area (Å²) in [5.74, 6) is -3.03. The van der Waals surface area contributed by atoms with Crippen LogP contribution in [0.5, 0.6) is 0 Å². The Labute approximate surface area is 148 Å². The van der Waals surface area contributed by atoms with Crippen molar-refractivity contribution in [1.29, 1.82) is 0 Å². The summed E-state index contributed by atoms with van der Waals surface area (Å²) in [7, 11) is 0. The minimum absolute atomic E-state index is 0.0839. The van der Waals surface area contributed by atoms with Crippen LogP contribution in [0.4, 0.5) is 20.2 Å². The van der Waals surface area contributed by atoms with E-state index in [1.165, 1.54) is 13.8 Å². The number of Topliss-reactive ketones (excluding diaryl/α,β-unsaturated/α-hetero) is 1. The number of amides is 2. The first-order valence-electron chi connectivity index (χ1n) is 7.63. The third-order valence-corrected chi connectivity index (χ3v) is 3.44. The van der Waals surface area contributed by atoms with Crippen molar-refractivity contribution in [2.75, 3.05) is 10.6 Å². The zero-order chi connectivity index (χ0) is 19.3. The van der Waals surface area contributed by atoms with E-state index in [2.05, 4.69) is 10.6 Å². The molecule has 2 rings (SSSR count). The molecule has 0 spiro atoms. The molecule has 7 heteroatoms. The number of ketones is 1. The quantitative estimate of drug-likeness (QED) is 0.632. The highest BCUT2D eigenvalue weighted by Crippen LogP contribution is 2.15. The number of hydrogen-bond acceptors (Lipinski definition) is 3. The van der Waals surface area contributed by atoms with Gasteiger partial charge in [0.2, 0.25) is 5.91 Å². The molecule has 0 bridgehead atoms. The SMILES string of the molecule is CC(=O)c1ccc(NC(=O)/C(C)=C\C(=O)Nc2ccc(F)cc2F)cc1. The highest BCUT2D eigenvalue weighted by atomic mass is 19.1. The molecule has 0 aromatic heterocycles. The van der Waals surface area contributed by atoms with Crippen molar-refractivity contribution in [2.24, 2.45) is 0 Å². The van der Waals surface area contributed by atoms with Crippen LogP contribution >= 0.6 is 0 Å².